The molecule has 1 aliphatic heterocycles. The fourth-order valence-electron chi connectivity index (χ4n) is 5.23. The summed E-state index contributed by atoms with van der Waals surface area (Å²) < 4.78 is 0. The largest absolute Gasteiger partial charge is 0.396 e. The zero-order valence-corrected chi connectivity index (χ0v) is 14.7. The molecule has 4 atom stereocenters. The molecule has 22 heavy (non-hydrogen) atoms. The first-order valence-corrected chi connectivity index (χ1v) is 9.73. The third-order valence-corrected chi connectivity index (χ3v) is 6.94. The van der Waals surface area contributed by atoms with E-state index < -0.39 is 0 Å². The van der Waals surface area contributed by atoms with Gasteiger partial charge in [0.2, 0.25) is 0 Å². The van der Waals surface area contributed by atoms with E-state index in [1.54, 1.807) is 0 Å². The van der Waals surface area contributed by atoms with Crippen molar-refractivity contribution in [3.8, 4) is 0 Å². The zero-order chi connectivity index (χ0) is 15.6. The predicted octanol–water partition coefficient (Wildman–Crippen LogP) is 3.17. The van der Waals surface area contributed by atoms with Crippen molar-refractivity contribution in [2.75, 3.05) is 19.7 Å². The van der Waals surface area contributed by atoms with Gasteiger partial charge >= 0.3 is 0 Å². The lowest BCUT2D eigenvalue weighted by Gasteiger charge is -2.43. The number of aliphatic hydroxyl groups excluding tert-OH is 1. The van der Waals surface area contributed by atoms with Gasteiger partial charge in [-0.15, -0.1) is 0 Å². The summed E-state index contributed by atoms with van der Waals surface area (Å²) in [4.78, 5) is 2.78. The molecular weight excluding hydrogens is 272 g/mol. The molecule has 0 bridgehead atoms. The van der Waals surface area contributed by atoms with Crippen LogP contribution in [0.25, 0.3) is 0 Å². The van der Waals surface area contributed by atoms with Crippen LogP contribution in [0, 0.1) is 11.3 Å². The molecule has 1 saturated heterocycles. The second-order valence-electron chi connectivity index (χ2n) is 8.56. The van der Waals surface area contributed by atoms with Gasteiger partial charge in [0.05, 0.1) is 0 Å². The van der Waals surface area contributed by atoms with Gasteiger partial charge in [0.15, 0.2) is 0 Å². The van der Waals surface area contributed by atoms with Gasteiger partial charge in [-0.2, -0.15) is 0 Å². The zero-order valence-electron chi connectivity index (χ0n) is 14.7. The Morgan fingerprint density at radius 2 is 1.77 bits per heavy atom. The SMILES string of the molecule is CC1CCCCC1N1CCC(NC2CCCC2(C)CO)CC1. The van der Waals surface area contributed by atoms with Gasteiger partial charge in [0, 0.05) is 30.1 Å². The second-order valence-corrected chi connectivity index (χ2v) is 8.56. The second kappa shape index (κ2) is 7.19. The molecule has 128 valence electrons. The first-order chi connectivity index (χ1) is 10.6. The Kier molecular flexibility index (Phi) is 5.47. The maximum Gasteiger partial charge on any atom is 0.0499 e. The highest BCUT2D eigenvalue weighted by Crippen LogP contribution is 2.38. The van der Waals surface area contributed by atoms with E-state index in [9.17, 15) is 5.11 Å². The van der Waals surface area contributed by atoms with Crippen LogP contribution in [0.15, 0.2) is 0 Å². The van der Waals surface area contributed by atoms with Gasteiger partial charge < -0.3 is 15.3 Å². The third kappa shape index (κ3) is 3.52. The van der Waals surface area contributed by atoms with E-state index in [2.05, 4.69) is 24.1 Å². The monoisotopic (exact) mass is 308 g/mol. The maximum atomic E-state index is 9.72. The molecule has 2 saturated carbocycles. The Morgan fingerprint density at radius 1 is 1.05 bits per heavy atom. The van der Waals surface area contributed by atoms with Crippen molar-refractivity contribution in [1.82, 2.24) is 10.2 Å². The Morgan fingerprint density at radius 3 is 2.45 bits per heavy atom. The van der Waals surface area contributed by atoms with Gasteiger partial charge in [-0.25, -0.2) is 0 Å². The van der Waals surface area contributed by atoms with E-state index >= 15 is 0 Å². The van der Waals surface area contributed by atoms with Gasteiger partial charge in [-0.1, -0.05) is 33.1 Å². The van der Waals surface area contributed by atoms with E-state index in [-0.39, 0.29) is 5.41 Å². The van der Waals surface area contributed by atoms with Gasteiger partial charge in [0.1, 0.15) is 0 Å². The van der Waals surface area contributed by atoms with Crippen LogP contribution in [-0.2, 0) is 0 Å². The summed E-state index contributed by atoms with van der Waals surface area (Å²) in [6.45, 7) is 7.60. The number of aliphatic hydroxyl groups is 1. The summed E-state index contributed by atoms with van der Waals surface area (Å²) in [5.41, 5.74) is 0.120. The molecule has 0 radical (unpaired) electrons. The normalized spacial score (nSPS) is 41.9. The van der Waals surface area contributed by atoms with Crippen LogP contribution in [0.1, 0.15) is 71.6 Å². The van der Waals surface area contributed by atoms with E-state index in [1.807, 2.05) is 0 Å². The van der Waals surface area contributed by atoms with Crippen LogP contribution in [0.2, 0.25) is 0 Å². The predicted molar refractivity (Wildman–Crippen MR) is 92.0 cm³/mol. The number of hydrogen-bond donors (Lipinski definition) is 2. The van der Waals surface area contributed by atoms with Crippen LogP contribution in [-0.4, -0.2) is 47.8 Å². The Balaban J connectivity index is 1.47. The highest BCUT2D eigenvalue weighted by atomic mass is 16.3. The number of piperidine rings is 1. The van der Waals surface area contributed by atoms with Crippen LogP contribution in [0.5, 0.6) is 0 Å². The Hall–Kier alpha value is -0.120. The standard InChI is InChI=1S/C19H36N2O/c1-15-6-3-4-7-17(15)21-12-9-16(10-13-21)20-18-8-5-11-19(18,2)14-22/h15-18,20,22H,3-14H2,1-2H3. The first-order valence-electron chi connectivity index (χ1n) is 9.73. The molecule has 0 aromatic heterocycles. The number of nitrogens with one attached hydrogen (secondary N) is 1. The van der Waals surface area contributed by atoms with Gasteiger partial charge in [-0.3, -0.25) is 0 Å². The maximum absolute atomic E-state index is 9.72. The quantitative estimate of drug-likeness (QED) is 0.837. The Bertz CT molecular complexity index is 353. The molecule has 0 spiro atoms. The molecule has 3 fully saturated rings. The summed E-state index contributed by atoms with van der Waals surface area (Å²) >= 11 is 0. The lowest BCUT2D eigenvalue weighted by molar-refractivity contribution is 0.0684. The van der Waals surface area contributed by atoms with E-state index in [0.717, 1.165) is 12.0 Å². The molecule has 3 heteroatoms. The topological polar surface area (TPSA) is 35.5 Å². The number of rotatable bonds is 4. The van der Waals surface area contributed by atoms with Crippen molar-refractivity contribution in [1.29, 1.82) is 0 Å². The van der Waals surface area contributed by atoms with Crippen LogP contribution in [0.4, 0.5) is 0 Å². The molecule has 3 rings (SSSR count). The van der Waals surface area contributed by atoms with E-state index in [4.69, 9.17) is 0 Å². The molecule has 0 aromatic carbocycles. The molecule has 1 heterocycles. The lowest BCUT2D eigenvalue weighted by atomic mass is 9.83. The van der Waals surface area contributed by atoms with Crippen LogP contribution < -0.4 is 5.32 Å². The average molecular weight is 309 g/mol. The smallest absolute Gasteiger partial charge is 0.0499 e. The molecule has 4 unspecified atom stereocenters. The summed E-state index contributed by atoms with van der Waals surface area (Å²) in [6.07, 6.45) is 12.0. The fraction of sp³-hybridized carbons (Fsp3) is 1.00. The number of likely N-dealkylation sites (tertiary alicyclic amines) is 1. The average Bonchev–Trinajstić information content (AvgIpc) is 2.90. The highest BCUT2D eigenvalue weighted by molar-refractivity contribution is 4.96. The molecule has 2 N–H and O–H groups in total. The van der Waals surface area contributed by atoms with Crippen molar-refractivity contribution >= 4 is 0 Å². The first kappa shape index (κ1) is 16.7. The van der Waals surface area contributed by atoms with Gasteiger partial charge in [0.25, 0.3) is 0 Å². The Labute approximate surface area is 136 Å². The summed E-state index contributed by atoms with van der Waals surface area (Å²) in [7, 11) is 0. The van der Waals surface area contributed by atoms with E-state index in [0.29, 0.717) is 18.7 Å². The summed E-state index contributed by atoms with van der Waals surface area (Å²) in [5, 5.41) is 13.6. The lowest BCUT2D eigenvalue weighted by Crippen LogP contribution is -2.53. The van der Waals surface area contributed by atoms with Crippen molar-refractivity contribution in [2.45, 2.75) is 89.8 Å². The van der Waals surface area contributed by atoms with Crippen molar-refractivity contribution in [3.63, 3.8) is 0 Å². The minimum atomic E-state index is 0.120. The number of nitrogens with zero attached hydrogens (tertiary/aromatic N) is 1. The van der Waals surface area contributed by atoms with Gasteiger partial charge in [-0.05, 0) is 57.5 Å². The molecule has 0 amide bonds. The molecule has 2 aliphatic carbocycles. The summed E-state index contributed by atoms with van der Waals surface area (Å²) in [5.74, 6) is 0.894. The van der Waals surface area contributed by atoms with Crippen LogP contribution in [0.3, 0.4) is 0 Å². The number of hydrogen-bond acceptors (Lipinski definition) is 3. The minimum absolute atomic E-state index is 0.120. The molecule has 3 nitrogen and oxygen atoms in total. The molecule has 0 aromatic rings. The fourth-order valence-corrected chi connectivity index (χ4v) is 5.23. The third-order valence-electron chi connectivity index (χ3n) is 6.94. The highest BCUT2D eigenvalue weighted by Gasteiger charge is 2.39. The summed E-state index contributed by atoms with van der Waals surface area (Å²) in [6, 6.07) is 2.05. The van der Waals surface area contributed by atoms with Crippen molar-refractivity contribution in [2.24, 2.45) is 11.3 Å². The molecular formula is C19H36N2O. The molecule has 3 aliphatic rings. The van der Waals surface area contributed by atoms with E-state index in [1.165, 1.54) is 70.9 Å². The minimum Gasteiger partial charge on any atom is -0.396 e. The van der Waals surface area contributed by atoms with Crippen molar-refractivity contribution < 1.29 is 5.11 Å². The van der Waals surface area contributed by atoms with Crippen molar-refractivity contribution in [3.05, 3.63) is 0 Å². The van der Waals surface area contributed by atoms with Crippen LogP contribution >= 0.6 is 0 Å².